The van der Waals surface area contributed by atoms with Crippen molar-refractivity contribution in [2.75, 3.05) is 7.11 Å². The van der Waals surface area contributed by atoms with E-state index in [1.807, 2.05) is 13.8 Å². The van der Waals surface area contributed by atoms with Crippen LogP contribution in [-0.4, -0.2) is 17.3 Å². The van der Waals surface area contributed by atoms with Gasteiger partial charge in [-0.05, 0) is 19.3 Å². The van der Waals surface area contributed by atoms with Crippen molar-refractivity contribution in [3.05, 3.63) is 11.7 Å². The summed E-state index contributed by atoms with van der Waals surface area (Å²) in [6.45, 7) is 8.13. The fourth-order valence-electron chi connectivity index (χ4n) is 1.48. The molecule has 0 saturated heterocycles. The van der Waals surface area contributed by atoms with Gasteiger partial charge in [0.2, 0.25) is 11.7 Å². The molecular weight excluding hydrogens is 218 g/mol. The molecule has 0 radical (unpaired) electrons. The molecule has 0 aliphatic heterocycles. The van der Waals surface area contributed by atoms with Gasteiger partial charge in [-0.2, -0.15) is 4.98 Å². The SMILES string of the molecule is CCC(C)[C@H](N)c1nc(C(C)(CC)OC)no1. The van der Waals surface area contributed by atoms with Gasteiger partial charge in [-0.1, -0.05) is 32.3 Å². The predicted octanol–water partition coefficient (Wildman–Crippen LogP) is 2.39. The Bertz CT molecular complexity index is 347. The second kappa shape index (κ2) is 5.60. The average molecular weight is 241 g/mol. The predicted molar refractivity (Wildman–Crippen MR) is 65.3 cm³/mol. The summed E-state index contributed by atoms with van der Waals surface area (Å²) in [5.74, 6) is 1.38. The molecule has 1 aromatic rings. The topological polar surface area (TPSA) is 74.2 Å². The molecule has 5 nitrogen and oxygen atoms in total. The van der Waals surface area contributed by atoms with Crippen LogP contribution in [0.15, 0.2) is 4.52 Å². The van der Waals surface area contributed by atoms with Gasteiger partial charge in [0.25, 0.3) is 0 Å². The summed E-state index contributed by atoms with van der Waals surface area (Å²) in [5, 5.41) is 3.98. The molecule has 3 atom stereocenters. The fraction of sp³-hybridized carbons (Fsp3) is 0.833. The van der Waals surface area contributed by atoms with E-state index in [4.69, 9.17) is 15.0 Å². The Labute approximate surface area is 103 Å². The molecule has 98 valence electrons. The Kier molecular flexibility index (Phi) is 4.65. The summed E-state index contributed by atoms with van der Waals surface area (Å²) in [6.07, 6.45) is 1.76. The highest BCUT2D eigenvalue weighted by Crippen LogP contribution is 2.28. The average Bonchev–Trinajstić information content (AvgIpc) is 2.85. The van der Waals surface area contributed by atoms with E-state index in [9.17, 15) is 0 Å². The van der Waals surface area contributed by atoms with E-state index >= 15 is 0 Å². The Morgan fingerprint density at radius 2 is 2.12 bits per heavy atom. The van der Waals surface area contributed by atoms with Crippen LogP contribution in [0.5, 0.6) is 0 Å². The van der Waals surface area contributed by atoms with Gasteiger partial charge in [-0.15, -0.1) is 0 Å². The van der Waals surface area contributed by atoms with Gasteiger partial charge in [0.05, 0.1) is 6.04 Å². The third-order valence-corrected chi connectivity index (χ3v) is 3.58. The number of ether oxygens (including phenoxy) is 1. The second-order valence-electron chi connectivity index (χ2n) is 4.66. The fourth-order valence-corrected chi connectivity index (χ4v) is 1.48. The summed E-state index contributed by atoms with van der Waals surface area (Å²) in [5.41, 5.74) is 5.55. The first-order chi connectivity index (χ1) is 7.98. The van der Waals surface area contributed by atoms with Gasteiger partial charge in [-0.25, -0.2) is 0 Å². The maximum atomic E-state index is 6.05. The molecule has 0 spiro atoms. The lowest BCUT2D eigenvalue weighted by molar-refractivity contribution is -0.0106. The van der Waals surface area contributed by atoms with Crippen LogP contribution in [0.3, 0.4) is 0 Å². The zero-order valence-electron chi connectivity index (χ0n) is 11.4. The van der Waals surface area contributed by atoms with Gasteiger partial charge in [-0.3, -0.25) is 0 Å². The molecule has 0 saturated carbocycles. The van der Waals surface area contributed by atoms with Gasteiger partial charge >= 0.3 is 0 Å². The van der Waals surface area contributed by atoms with Gasteiger partial charge < -0.3 is 15.0 Å². The third kappa shape index (κ3) is 2.84. The molecule has 1 rings (SSSR count). The first-order valence-corrected chi connectivity index (χ1v) is 6.13. The Hall–Kier alpha value is -0.940. The van der Waals surface area contributed by atoms with E-state index in [0.29, 0.717) is 17.6 Å². The molecule has 0 aliphatic carbocycles. The number of methoxy groups -OCH3 is 1. The zero-order chi connectivity index (χ0) is 13.1. The number of aromatic nitrogens is 2. The minimum absolute atomic E-state index is 0.209. The third-order valence-electron chi connectivity index (χ3n) is 3.58. The van der Waals surface area contributed by atoms with E-state index in [-0.39, 0.29) is 6.04 Å². The summed E-state index contributed by atoms with van der Waals surface area (Å²) in [4.78, 5) is 4.37. The lowest BCUT2D eigenvalue weighted by Gasteiger charge is -2.22. The van der Waals surface area contributed by atoms with Gasteiger partial charge in [0, 0.05) is 7.11 Å². The van der Waals surface area contributed by atoms with Gasteiger partial charge in [0.1, 0.15) is 5.60 Å². The van der Waals surface area contributed by atoms with Crippen molar-refractivity contribution < 1.29 is 9.26 Å². The van der Waals surface area contributed by atoms with Crippen LogP contribution in [0.25, 0.3) is 0 Å². The minimum Gasteiger partial charge on any atom is -0.370 e. The zero-order valence-corrected chi connectivity index (χ0v) is 11.4. The second-order valence-corrected chi connectivity index (χ2v) is 4.66. The van der Waals surface area contributed by atoms with Crippen LogP contribution in [0.4, 0.5) is 0 Å². The van der Waals surface area contributed by atoms with Crippen molar-refractivity contribution in [1.82, 2.24) is 10.1 Å². The number of rotatable bonds is 6. The van der Waals surface area contributed by atoms with Crippen molar-refractivity contribution in [1.29, 1.82) is 0 Å². The minimum atomic E-state index is -0.503. The molecular formula is C12H23N3O2. The van der Waals surface area contributed by atoms with Crippen LogP contribution in [0, 0.1) is 5.92 Å². The van der Waals surface area contributed by atoms with E-state index in [2.05, 4.69) is 24.0 Å². The monoisotopic (exact) mass is 241 g/mol. The van der Waals surface area contributed by atoms with Crippen molar-refractivity contribution in [3.63, 3.8) is 0 Å². The summed E-state index contributed by atoms with van der Waals surface area (Å²) < 4.78 is 10.7. The summed E-state index contributed by atoms with van der Waals surface area (Å²) in [7, 11) is 1.65. The van der Waals surface area contributed by atoms with Crippen LogP contribution in [-0.2, 0) is 10.3 Å². The molecule has 0 aliphatic rings. The van der Waals surface area contributed by atoms with Crippen molar-refractivity contribution in [2.24, 2.45) is 11.7 Å². The summed E-state index contributed by atoms with van der Waals surface area (Å²) in [6, 6.07) is -0.209. The highest BCUT2D eigenvalue weighted by Gasteiger charge is 2.31. The first-order valence-electron chi connectivity index (χ1n) is 6.13. The van der Waals surface area contributed by atoms with Crippen LogP contribution < -0.4 is 5.73 Å². The molecule has 5 heteroatoms. The Balaban J connectivity index is 2.91. The van der Waals surface area contributed by atoms with Crippen LogP contribution in [0.2, 0.25) is 0 Å². The van der Waals surface area contributed by atoms with Crippen molar-refractivity contribution >= 4 is 0 Å². The van der Waals surface area contributed by atoms with E-state index < -0.39 is 5.60 Å². The molecule has 0 fully saturated rings. The highest BCUT2D eigenvalue weighted by atomic mass is 16.5. The lowest BCUT2D eigenvalue weighted by Crippen LogP contribution is -2.25. The molecule has 1 aromatic heterocycles. The lowest BCUT2D eigenvalue weighted by atomic mass is 10.00. The van der Waals surface area contributed by atoms with Crippen LogP contribution >= 0.6 is 0 Å². The molecule has 17 heavy (non-hydrogen) atoms. The molecule has 0 amide bonds. The maximum absolute atomic E-state index is 6.05. The number of nitrogens with two attached hydrogens (primary N) is 1. The number of hydrogen-bond acceptors (Lipinski definition) is 5. The molecule has 0 aromatic carbocycles. The molecule has 0 bridgehead atoms. The highest BCUT2D eigenvalue weighted by molar-refractivity contribution is 5.01. The molecule has 2 unspecified atom stereocenters. The van der Waals surface area contributed by atoms with Crippen molar-refractivity contribution in [3.8, 4) is 0 Å². The first kappa shape index (κ1) is 14.1. The quantitative estimate of drug-likeness (QED) is 0.827. The Morgan fingerprint density at radius 3 is 2.59 bits per heavy atom. The van der Waals surface area contributed by atoms with Crippen molar-refractivity contribution in [2.45, 2.75) is 52.2 Å². The largest absolute Gasteiger partial charge is 0.370 e. The number of nitrogens with zero attached hydrogens (tertiary/aromatic N) is 2. The van der Waals surface area contributed by atoms with E-state index in [0.717, 1.165) is 12.8 Å². The molecule has 1 heterocycles. The van der Waals surface area contributed by atoms with E-state index in [1.54, 1.807) is 7.11 Å². The summed E-state index contributed by atoms with van der Waals surface area (Å²) >= 11 is 0. The normalized spacial score (nSPS) is 18.7. The number of hydrogen-bond donors (Lipinski definition) is 1. The smallest absolute Gasteiger partial charge is 0.243 e. The molecule has 2 N–H and O–H groups in total. The Morgan fingerprint density at radius 1 is 1.47 bits per heavy atom. The maximum Gasteiger partial charge on any atom is 0.243 e. The van der Waals surface area contributed by atoms with Gasteiger partial charge in [0.15, 0.2) is 0 Å². The van der Waals surface area contributed by atoms with Crippen LogP contribution in [0.1, 0.15) is 58.3 Å². The standard InChI is InChI=1S/C12H23N3O2/c1-6-8(3)9(13)10-14-11(15-17-10)12(4,7-2)16-5/h8-9H,6-7,13H2,1-5H3/t8?,9-,12?/m0/s1. The van der Waals surface area contributed by atoms with E-state index in [1.165, 1.54) is 0 Å².